The van der Waals surface area contributed by atoms with E-state index >= 15 is 0 Å². The van der Waals surface area contributed by atoms with E-state index in [4.69, 9.17) is 17.3 Å². The number of anilines is 2. The van der Waals surface area contributed by atoms with Crippen molar-refractivity contribution >= 4 is 33.0 Å². The fourth-order valence-corrected chi connectivity index (χ4v) is 2.73. The van der Waals surface area contributed by atoms with Gasteiger partial charge in [-0.1, -0.05) is 11.6 Å². The summed E-state index contributed by atoms with van der Waals surface area (Å²) >= 11 is 5.84. The molecule has 1 aromatic heterocycles. The van der Waals surface area contributed by atoms with Gasteiger partial charge < -0.3 is 10.3 Å². The van der Waals surface area contributed by atoms with Crippen molar-refractivity contribution < 1.29 is 8.42 Å². The Morgan fingerprint density at radius 1 is 1.42 bits per heavy atom. The third kappa shape index (κ3) is 2.82. The van der Waals surface area contributed by atoms with E-state index in [9.17, 15) is 8.42 Å². The highest BCUT2D eigenvalue weighted by Gasteiger charge is 2.18. The summed E-state index contributed by atoms with van der Waals surface area (Å²) in [6.45, 7) is 1.72. The SMILES string of the molecule is Cc1nc(S(=O)(=O)Nc2ccc(N)c(Cl)c2)cn1C. The maximum Gasteiger partial charge on any atom is 0.280 e. The summed E-state index contributed by atoms with van der Waals surface area (Å²) in [6, 6.07) is 4.52. The topological polar surface area (TPSA) is 90.0 Å². The minimum Gasteiger partial charge on any atom is -0.398 e. The van der Waals surface area contributed by atoms with Gasteiger partial charge in [-0.2, -0.15) is 8.42 Å². The van der Waals surface area contributed by atoms with Gasteiger partial charge in [0.05, 0.1) is 16.4 Å². The highest BCUT2D eigenvalue weighted by atomic mass is 35.5. The standard InChI is InChI=1S/C11H13ClN4O2S/c1-7-14-11(6-16(7)2)19(17,18)15-8-3-4-10(13)9(12)5-8/h3-6,15H,13H2,1-2H3. The lowest BCUT2D eigenvalue weighted by molar-refractivity contribution is 0.598. The Hall–Kier alpha value is -1.73. The van der Waals surface area contributed by atoms with Crippen LogP contribution < -0.4 is 10.5 Å². The number of nitrogens with zero attached hydrogens (tertiary/aromatic N) is 2. The number of nitrogens with two attached hydrogens (primary N) is 1. The van der Waals surface area contributed by atoms with E-state index in [-0.39, 0.29) is 10.0 Å². The lowest BCUT2D eigenvalue weighted by atomic mass is 10.3. The molecule has 0 aliphatic carbocycles. The number of aryl methyl sites for hydroxylation is 2. The molecule has 0 saturated carbocycles. The fraction of sp³-hybridized carbons (Fsp3) is 0.182. The molecular weight excluding hydrogens is 288 g/mol. The number of nitrogen functional groups attached to an aromatic ring is 1. The number of rotatable bonds is 3. The normalized spacial score (nSPS) is 11.5. The number of benzene rings is 1. The van der Waals surface area contributed by atoms with Gasteiger partial charge in [-0.3, -0.25) is 4.72 Å². The summed E-state index contributed by atoms with van der Waals surface area (Å²) in [5, 5.41) is 0.248. The second-order valence-electron chi connectivity index (χ2n) is 4.08. The van der Waals surface area contributed by atoms with Gasteiger partial charge in [0.2, 0.25) is 0 Å². The molecule has 0 bridgehead atoms. The van der Waals surface area contributed by atoms with Gasteiger partial charge in [-0.05, 0) is 25.1 Å². The average molecular weight is 301 g/mol. The second-order valence-corrected chi connectivity index (χ2v) is 6.12. The van der Waals surface area contributed by atoms with Crippen molar-refractivity contribution in [2.45, 2.75) is 11.9 Å². The molecule has 6 nitrogen and oxygen atoms in total. The first-order valence-corrected chi connectivity index (χ1v) is 7.23. The van der Waals surface area contributed by atoms with Crippen LogP contribution in [-0.2, 0) is 17.1 Å². The summed E-state index contributed by atoms with van der Waals surface area (Å²) in [5.74, 6) is 0.607. The minimum atomic E-state index is -3.73. The first-order valence-electron chi connectivity index (χ1n) is 5.37. The van der Waals surface area contributed by atoms with Crippen molar-refractivity contribution in [2.24, 2.45) is 7.05 Å². The van der Waals surface area contributed by atoms with Crippen LogP contribution in [0.5, 0.6) is 0 Å². The molecule has 0 saturated heterocycles. The van der Waals surface area contributed by atoms with Crippen LogP contribution in [0, 0.1) is 6.92 Å². The molecular formula is C11H13ClN4O2S. The molecule has 0 atom stereocenters. The van der Waals surface area contributed by atoms with Crippen molar-refractivity contribution in [3.63, 3.8) is 0 Å². The molecule has 1 aromatic carbocycles. The molecule has 2 aromatic rings. The average Bonchev–Trinajstić information content (AvgIpc) is 2.65. The monoisotopic (exact) mass is 300 g/mol. The first-order chi connectivity index (χ1) is 8.79. The van der Waals surface area contributed by atoms with Gasteiger partial charge in [0.15, 0.2) is 5.03 Å². The Kier molecular flexibility index (Phi) is 3.42. The van der Waals surface area contributed by atoms with Gasteiger partial charge in [0.1, 0.15) is 5.82 Å². The molecule has 0 unspecified atom stereocenters. The van der Waals surface area contributed by atoms with Crippen LogP contribution in [0.25, 0.3) is 0 Å². The molecule has 0 aliphatic heterocycles. The Morgan fingerprint density at radius 2 is 2.11 bits per heavy atom. The highest BCUT2D eigenvalue weighted by Crippen LogP contribution is 2.24. The van der Waals surface area contributed by atoms with Gasteiger partial charge in [-0.15, -0.1) is 0 Å². The number of imidazole rings is 1. The van der Waals surface area contributed by atoms with Crippen molar-refractivity contribution in [2.75, 3.05) is 10.5 Å². The molecule has 0 amide bonds. The second kappa shape index (κ2) is 4.75. The van der Waals surface area contributed by atoms with Gasteiger partial charge >= 0.3 is 0 Å². The van der Waals surface area contributed by atoms with Crippen molar-refractivity contribution in [1.29, 1.82) is 0 Å². The zero-order valence-corrected chi connectivity index (χ0v) is 12.0. The zero-order chi connectivity index (χ0) is 14.2. The van der Waals surface area contributed by atoms with Gasteiger partial charge in [0, 0.05) is 13.2 Å². The molecule has 0 spiro atoms. The summed E-state index contributed by atoms with van der Waals surface area (Å²) in [7, 11) is -2.00. The maximum atomic E-state index is 12.1. The number of nitrogens with one attached hydrogen (secondary N) is 1. The van der Waals surface area contributed by atoms with Crippen LogP contribution in [-0.4, -0.2) is 18.0 Å². The third-order valence-electron chi connectivity index (χ3n) is 2.61. The molecule has 0 aliphatic rings. The van der Waals surface area contributed by atoms with Crippen molar-refractivity contribution in [1.82, 2.24) is 9.55 Å². The van der Waals surface area contributed by atoms with Crippen LogP contribution in [0.15, 0.2) is 29.4 Å². The largest absolute Gasteiger partial charge is 0.398 e. The molecule has 3 N–H and O–H groups in total. The minimum absolute atomic E-state index is 0.0413. The van der Waals surface area contributed by atoms with Crippen LogP contribution in [0.2, 0.25) is 5.02 Å². The van der Waals surface area contributed by atoms with E-state index in [0.717, 1.165) is 0 Å². The fourth-order valence-electron chi connectivity index (χ4n) is 1.45. The van der Waals surface area contributed by atoms with E-state index < -0.39 is 10.0 Å². The van der Waals surface area contributed by atoms with E-state index in [1.807, 2.05) is 0 Å². The summed E-state index contributed by atoms with van der Waals surface area (Å²) in [5.41, 5.74) is 6.28. The predicted octanol–water partition coefficient (Wildman–Crippen LogP) is 1.76. The maximum absolute atomic E-state index is 12.1. The Bertz CT molecular complexity index is 705. The number of hydrogen-bond acceptors (Lipinski definition) is 4. The van der Waals surface area contributed by atoms with Gasteiger partial charge in [0.25, 0.3) is 10.0 Å². The van der Waals surface area contributed by atoms with E-state index in [0.29, 0.717) is 17.2 Å². The van der Waals surface area contributed by atoms with Crippen molar-refractivity contribution in [3.8, 4) is 0 Å². The van der Waals surface area contributed by atoms with Crippen LogP contribution >= 0.6 is 11.6 Å². The summed E-state index contributed by atoms with van der Waals surface area (Å²) in [6.07, 6.45) is 1.44. The summed E-state index contributed by atoms with van der Waals surface area (Å²) < 4.78 is 28.2. The zero-order valence-electron chi connectivity index (χ0n) is 10.4. The molecule has 19 heavy (non-hydrogen) atoms. The lowest BCUT2D eigenvalue weighted by Crippen LogP contribution is -2.13. The smallest absolute Gasteiger partial charge is 0.280 e. The van der Waals surface area contributed by atoms with E-state index in [2.05, 4.69) is 9.71 Å². The Labute approximate surface area is 116 Å². The van der Waals surface area contributed by atoms with E-state index in [1.165, 1.54) is 24.4 Å². The highest BCUT2D eigenvalue weighted by molar-refractivity contribution is 7.92. The molecule has 8 heteroatoms. The van der Waals surface area contributed by atoms with E-state index in [1.54, 1.807) is 18.5 Å². The quantitative estimate of drug-likeness (QED) is 0.845. The third-order valence-corrected chi connectivity index (χ3v) is 4.19. The Balaban J connectivity index is 2.33. The van der Waals surface area contributed by atoms with Crippen LogP contribution in [0.3, 0.4) is 0 Å². The van der Waals surface area contributed by atoms with Crippen molar-refractivity contribution in [3.05, 3.63) is 35.2 Å². The summed E-state index contributed by atoms with van der Waals surface area (Å²) in [4.78, 5) is 3.97. The number of aromatic nitrogens is 2. The molecule has 1 heterocycles. The van der Waals surface area contributed by atoms with Crippen LogP contribution in [0.1, 0.15) is 5.82 Å². The number of hydrogen-bond donors (Lipinski definition) is 2. The van der Waals surface area contributed by atoms with Crippen LogP contribution in [0.4, 0.5) is 11.4 Å². The number of halogens is 1. The molecule has 2 rings (SSSR count). The first kappa shape index (κ1) is 13.7. The number of sulfonamides is 1. The lowest BCUT2D eigenvalue weighted by Gasteiger charge is -2.07. The predicted molar refractivity (Wildman–Crippen MR) is 74.6 cm³/mol. The molecule has 102 valence electrons. The Morgan fingerprint density at radius 3 is 2.63 bits per heavy atom. The molecule has 0 radical (unpaired) electrons. The van der Waals surface area contributed by atoms with Gasteiger partial charge in [-0.25, -0.2) is 4.98 Å². The molecule has 0 fully saturated rings.